The average Bonchev–Trinajstić information content (AvgIpc) is 3.25. The summed E-state index contributed by atoms with van der Waals surface area (Å²) >= 11 is 0. The van der Waals surface area contributed by atoms with E-state index in [0.717, 1.165) is 4.90 Å². The zero-order valence-electron chi connectivity index (χ0n) is 19.9. The molecule has 2 aliphatic rings. The van der Waals surface area contributed by atoms with Crippen LogP contribution in [0.15, 0.2) is 67.3 Å². The van der Waals surface area contributed by atoms with Gasteiger partial charge >= 0.3 is 12.1 Å². The van der Waals surface area contributed by atoms with E-state index in [1.165, 1.54) is 24.3 Å². The molecule has 2 aliphatic heterocycles. The number of fused-ring (bicyclic) bond motifs is 2. The number of ether oxygens (including phenoxy) is 3. The molecular weight excluding hydrogens is 448 g/mol. The Morgan fingerprint density at radius 1 is 1.11 bits per heavy atom. The van der Waals surface area contributed by atoms with Gasteiger partial charge in [0, 0.05) is 13.1 Å². The van der Waals surface area contributed by atoms with Crippen molar-refractivity contribution in [3.8, 4) is 0 Å². The van der Waals surface area contributed by atoms with Crippen molar-refractivity contribution in [2.24, 2.45) is 0 Å². The lowest BCUT2D eigenvalue weighted by Crippen LogP contribution is -2.50. The Labute approximate surface area is 205 Å². The molecule has 0 radical (unpaired) electrons. The van der Waals surface area contributed by atoms with Crippen molar-refractivity contribution in [1.82, 2.24) is 9.80 Å². The van der Waals surface area contributed by atoms with Gasteiger partial charge in [0.05, 0.1) is 19.3 Å². The number of hydrogen-bond donors (Lipinski definition) is 0. The Balaban J connectivity index is 1.51. The second-order valence-electron chi connectivity index (χ2n) is 8.65. The van der Waals surface area contributed by atoms with Gasteiger partial charge in [-0.3, -0.25) is 9.69 Å². The summed E-state index contributed by atoms with van der Waals surface area (Å²) in [5.74, 6) is -0.931. The first kappa shape index (κ1) is 24.5. The summed E-state index contributed by atoms with van der Waals surface area (Å²) in [4.78, 5) is 41.9. The maximum atomic E-state index is 13.3. The molecule has 1 spiro atoms. The molecule has 2 aromatic carbocycles. The number of methoxy groups -OCH3 is 1. The summed E-state index contributed by atoms with van der Waals surface area (Å²) in [6.45, 7) is 4.73. The molecule has 2 aromatic rings. The van der Waals surface area contributed by atoms with Gasteiger partial charge in [0.15, 0.2) is 6.04 Å². The Kier molecular flexibility index (Phi) is 7.51. The molecule has 2 heterocycles. The SMILES string of the molecule is C=CCOC(=O)N(CC(=O)N1CCC2(CC1)OCc1ccccc12)[C@@H](C(=O)OC)c1ccccc1. The predicted octanol–water partition coefficient (Wildman–Crippen LogP) is 3.57. The van der Waals surface area contributed by atoms with Crippen molar-refractivity contribution in [3.63, 3.8) is 0 Å². The highest BCUT2D eigenvalue weighted by Gasteiger charge is 2.44. The number of piperidine rings is 1. The van der Waals surface area contributed by atoms with Crippen molar-refractivity contribution < 1.29 is 28.6 Å². The average molecular weight is 479 g/mol. The van der Waals surface area contributed by atoms with Crippen LogP contribution in [0.4, 0.5) is 4.79 Å². The molecule has 0 N–H and O–H groups in total. The van der Waals surface area contributed by atoms with E-state index in [0.29, 0.717) is 38.1 Å². The number of likely N-dealkylation sites (tertiary alicyclic amines) is 1. The Bertz CT molecular complexity index is 1080. The molecular formula is C27H30N2O6. The number of benzene rings is 2. The van der Waals surface area contributed by atoms with Gasteiger partial charge in [0.2, 0.25) is 5.91 Å². The smallest absolute Gasteiger partial charge is 0.411 e. The minimum atomic E-state index is -1.12. The topological polar surface area (TPSA) is 85.4 Å². The third-order valence-electron chi connectivity index (χ3n) is 6.65. The van der Waals surface area contributed by atoms with E-state index in [9.17, 15) is 14.4 Å². The lowest BCUT2D eigenvalue weighted by atomic mass is 9.84. The van der Waals surface area contributed by atoms with E-state index in [-0.39, 0.29) is 24.7 Å². The van der Waals surface area contributed by atoms with Crippen LogP contribution < -0.4 is 0 Å². The zero-order chi connectivity index (χ0) is 24.8. The van der Waals surface area contributed by atoms with Gasteiger partial charge in [-0.15, -0.1) is 0 Å². The van der Waals surface area contributed by atoms with Crippen LogP contribution in [0.25, 0.3) is 0 Å². The fraction of sp³-hybridized carbons (Fsp3) is 0.370. The Hall–Kier alpha value is -3.65. The molecule has 8 nitrogen and oxygen atoms in total. The molecule has 0 saturated carbocycles. The lowest BCUT2D eigenvalue weighted by molar-refractivity contribution is -0.148. The van der Waals surface area contributed by atoms with Gasteiger partial charge in [-0.2, -0.15) is 0 Å². The normalized spacial score (nSPS) is 16.8. The zero-order valence-corrected chi connectivity index (χ0v) is 19.9. The third kappa shape index (κ3) is 5.07. The summed E-state index contributed by atoms with van der Waals surface area (Å²) in [6.07, 6.45) is 1.96. The first-order valence-corrected chi connectivity index (χ1v) is 11.7. The highest BCUT2D eigenvalue weighted by Crippen LogP contribution is 2.44. The van der Waals surface area contributed by atoms with E-state index < -0.39 is 18.1 Å². The Morgan fingerprint density at radius 3 is 2.49 bits per heavy atom. The number of carbonyl (C=O) groups is 3. The highest BCUT2D eigenvalue weighted by molar-refractivity contribution is 5.87. The summed E-state index contributed by atoms with van der Waals surface area (Å²) in [5, 5.41) is 0. The summed E-state index contributed by atoms with van der Waals surface area (Å²) in [6, 6.07) is 15.8. The molecule has 0 bridgehead atoms. The number of hydrogen-bond acceptors (Lipinski definition) is 6. The highest BCUT2D eigenvalue weighted by atomic mass is 16.6. The number of esters is 1. The summed E-state index contributed by atoms with van der Waals surface area (Å²) in [5.41, 5.74) is 2.52. The van der Waals surface area contributed by atoms with Crippen LogP contribution >= 0.6 is 0 Å². The van der Waals surface area contributed by atoms with E-state index in [1.807, 2.05) is 12.1 Å². The van der Waals surface area contributed by atoms with Crippen molar-refractivity contribution in [2.75, 3.05) is 33.4 Å². The van der Waals surface area contributed by atoms with Crippen LogP contribution in [0.1, 0.15) is 35.6 Å². The van der Waals surface area contributed by atoms with Gasteiger partial charge in [0.25, 0.3) is 0 Å². The molecule has 184 valence electrons. The molecule has 0 unspecified atom stereocenters. The summed E-state index contributed by atoms with van der Waals surface area (Å²) in [7, 11) is 1.25. The van der Waals surface area contributed by atoms with Crippen LogP contribution in [0.5, 0.6) is 0 Å². The second-order valence-corrected chi connectivity index (χ2v) is 8.65. The van der Waals surface area contributed by atoms with Gasteiger partial charge in [-0.1, -0.05) is 67.3 Å². The maximum absolute atomic E-state index is 13.3. The molecule has 2 amide bonds. The fourth-order valence-electron chi connectivity index (χ4n) is 4.83. The minimum Gasteiger partial charge on any atom is -0.467 e. The molecule has 1 atom stereocenters. The molecule has 1 fully saturated rings. The van der Waals surface area contributed by atoms with E-state index in [1.54, 1.807) is 35.2 Å². The van der Waals surface area contributed by atoms with Crippen LogP contribution in [-0.2, 0) is 36.0 Å². The van der Waals surface area contributed by atoms with Gasteiger partial charge in [0.1, 0.15) is 13.2 Å². The summed E-state index contributed by atoms with van der Waals surface area (Å²) < 4.78 is 16.4. The molecule has 4 rings (SSSR count). The van der Waals surface area contributed by atoms with Gasteiger partial charge in [-0.25, -0.2) is 9.59 Å². The molecule has 8 heteroatoms. The molecule has 0 aromatic heterocycles. The van der Waals surface area contributed by atoms with E-state index >= 15 is 0 Å². The monoisotopic (exact) mass is 478 g/mol. The van der Waals surface area contributed by atoms with Crippen LogP contribution in [0, 0.1) is 0 Å². The number of rotatable bonds is 7. The van der Waals surface area contributed by atoms with Crippen LogP contribution in [0.3, 0.4) is 0 Å². The van der Waals surface area contributed by atoms with Gasteiger partial charge in [-0.05, 0) is 29.5 Å². The third-order valence-corrected chi connectivity index (χ3v) is 6.65. The van der Waals surface area contributed by atoms with Crippen LogP contribution in [0.2, 0.25) is 0 Å². The number of nitrogens with zero attached hydrogens (tertiary/aromatic N) is 2. The maximum Gasteiger partial charge on any atom is 0.411 e. The Morgan fingerprint density at radius 2 is 1.80 bits per heavy atom. The van der Waals surface area contributed by atoms with Crippen LogP contribution in [-0.4, -0.2) is 61.1 Å². The second kappa shape index (κ2) is 10.7. The van der Waals surface area contributed by atoms with E-state index in [4.69, 9.17) is 14.2 Å². The largest absolute Gasteiger partial charge is 0.467 e. The quantitative estimate of drug-likeness (QED) is 0.447. The first-order chi connectivity index (χ1) is 17.0. The van der Waals surface area contributed by atoms with Crippen molar-refractivity contribution in [1.29, 1.82) is 0 Å². The standard InChI is InChI=1S/C27H30N2O6/c1-3-17-34-26(32)29(24(25(31)33-2)20-9-5-4-6-10-20)18-23(30)28-15-13-27(14-16-28)22-12-8-7-11-21(22)19-35-27/h3-12,24H,1,13-19H2,2H3/t24-/m1/s1. The molecule has 35 heavy (non-hydrogen) atoms. The molecule has 1 saturated heterocycles. The van der Waals surface area contributed by atoms with Gasteiger partial charge < -0.3 is 19.1 Å². The molecule has 0 aliphatic carbocycles. The van der Waals surface area contributed by atoms with Crippen molar-refractivity contribution in [2.45, 2.75) is 31.1 Å². The van der Waals surface area contributed by atoms with E-state index in [2.05, 4.69) is 18.7 Å². The lowest BCUT2D eigenvalue weighted by Gasteiger charge is -2.40. The minimum absolute atomic E-state index is 0.0464. The fourth-order valence-corrected chi connectivity index (χ4v) is 4.83. The van der Waals surface area contributed by atoms with Crippen molar-refractivity contribution in [3.05, 3.63) is 83.9 Å². The van der Waals surface area contributed by atoms with Crippen molar-refractivity contribution >= 4 is 18.0 Å². The number of amides is 2. The number of carbonyl (C=O) groups excluding carboxylic acids is 3. The predicted molar refractivity (Wildman–Crippen MR) is 128 cm³/mol. The first-order valence-electron chi connectivity index (χ1n) is 11.7.